The first-order valence-corrected chi connectivity index (χ1v) is 7.49. The molecular formula is C14H11Br2NO4. The number of hydrogen-bond donors (Lipinski definition) is 0. The van der Waals surface area contributed by atoms with Crippen LogP contribution in [-0.4, -0.2) is 12.0 Å². The maximum absolute atomic E-state index is 11.0. The zero-order valence-electron chi connectivity index (χ0n) is 11.0. The van der Waals surface area contributed by atoms with Crippen molar-refractivity contribution in [1.29, 1.82) is 0 Å². The third-order valence-electron chi connectivity index (χ3n) is 2.75. The number of nitro benzene ring substituents is 1. The number of rotatable bonds is 5. The van der Waals surface area contributed by atoms with E-state index in [0.29, 0.717) is 10.2 Å². The van der Waals surface area contributed by atoms with Crippen molar-refractivity contribution in [3.05, 3.63) is 61.0 Å². The van der Waals surface area contributed by atoms with Crippen molar-refractivity contribution < 1.29 is 14.4 Å². The highest BCUT2D eigenvalue weighted by atomic mass is 79.9. The van der Waals surface area contributed by atoms with Gasteiger partial charge >= 0.3 is 5.69 Å². The summed E-state index contributed by atoms with van der Waals surface area (Å²) in [7, 11) is 1.58. The van der Waals surface area contributed by atoms with Crippen molar-refractivity contribution in [3.8, 4) is 11.5 Å². The third kappa shape index (κ3) is 3.95. The van der Waals surface area contributed by atoms with Crippen molar-refractivity contribution in [2.75, 3.05) is 7.11 Å². The molecule has 0 bridgehead atoms. The lowest BCUT2D eigenvalue weighted by Crippen LogP contribution is -2.00. The average Bonchev–Trinajstić information content (AvgIpc) is 2.47. The van der Waals surface area contributed by atoms with Crippen LogP contribution in [0, 0.1) is 10.1 Å². The summed E-state index contributed by atoms with van der Waals surface area (Å²) in [6.45, 7) is 0.195. The molecule has 0 fully saturated rings. The first-order chi connectivity index (χ1) is 10.0. The van der Waals surface area contributed by atoms with Gasteiger partial charge in [-0.05, 0) is 30.3 Å². The molecule has 0 aromatic heterocycles. The molecule has 0 heterocycles. The van der Waals surface area contributed by atoms with Gasteiger partial charge < -0.3 is 9.47 Å². The Labute approximate surface area is 138 Å². The lowest BCUT2D eigenvalue weighted by atomic mass is 10.2. The van der Waals surface area contributed by atoms with Crippen molar-refractivity contribution >= 4 is 37.5 Å². The van der Waals surface area contributed by atoms with Crippen LogP contribution in [0.1, 0.15) is 5.56 Å². The van der Waals surface area contributed by atoms with Crippen LogP contribution >= 0.6 is 31.9 Å². The molecule has 5 nitrogen and oxygen atoms in total. The highest BCUT2D eigenvalue weighted by Crippen LogP contribution is 2.31. The van der Waals surface area contributed by atoms with E-state index in [1.807, 2.05) is 18.2 Å². The Balaban J connectivity index is 2.22. The number of benzene rings is 2. The summed E-state index contributed by atoms with van der Waals surface area (Å²) in [5.41, 5.74) is 0.759. The van der Waals surface area contributed by atoms with Gasteiger partial charge in [0.25, 0.3) is 0 Å². The van der Waals surface area contributed by atoms with E-state index in [1.165, 1.54) is 6.07 Å². The Hall–Kier alpha value is -1.60. The van der Waals surface area contributed by atoms with Gasteiger partial charge in [-0.2, -0.15) is 0 Å². The minimum Gasteiger partial charge on any atom is -0.497 e. The second-order valence-corrected chi connectivity index (χ2v) is 5.89. The minimum atomic E-state index is -0.472. The van der Waals surface area contributed by atoms with E-state index in [0.717, 1.165) is 10.0 Å². The first kappa shape index (κ1) is 15.8. The number of nitrogens with zero attached hydrogens (tertiary/aromatic N) is 1. The molecule has 2 aromatic rings. The molecule has 0 aliphatic heterocycles. The molecule has 0 radical (unpaired) electrons. The molecule has 0 amide bonds. The van der Waals surface area contributed by atoms with E-state index < -0.39 is 4.92 Å². The summed E-state index contributed by atoms with van der Waals surface area (Å²) in [6, 6.07) is 10.1. The van der Waals surface area contributed by atoms with Crippen LogP contribution in [0.2, 0.25) is 0 Å². The van der Waals surface area contributed by atoms with Gasteiger partial charge in [0, 0.05) is 20.6 Å². The molecule has 0 unspecified atom stereocenters. The quantitative estimate of drug-likeness (QED) is 0.523. The Morgan fingerprint density at radius 2 is 1.95 bits per heavy atom. The molecule has 0 aliphatic rings. The normalized spacial score (nSPS) is 10.2. The highest BCUT2D eigenvalue weighted by Gasteiger charge is 2.16. The van der Waals surface area contributed by atoms with E-state index in [2.05, 4.69) is 31.9 Å². The van der Waals surface area contributed by atoms with Crippen LogP contribution in [-0.2, 0) is 6.61 Å². The topological polar surface area (TPSA) is 61.6 Å². The fourth-order valence-corrected chi connectivity index (χ4v) is 2.41. The smallest absolute Gasteiger partial charge is 0.312 e. The molecule has 21 heavy (non-hydrogen) atoms. The lowest BCUT2D eigenvalue weighted by Gasteiger charge is -2.10. The first-order valence-electron chi connectivity index (χ1n) is 5.90. The van der Waals surface area contributed by atoms with Crippen molar-refractivity contribution in [3.63, 3.8) is 0 Å². The Bertz CT molecular complexity index is 676. The van der Waals surface area contributed by atoms with E-state index in [9.17, 15) is 10.1 Å². The number of nitro groups is 1. The van der Waals surface area contributed by atoms with Crippen molar-refractivity contribution in [2.24, 2.45) is 0 Å². The van der Waals surface area contributed by atoms with Gasteiger partial charge in [0.2, 0.25) is 0 Å². The number of halogens is 2. The standard InChI is InChI=1S/C14H11Br2NO4/c1-20-11-3-4-12(16)9(6-11)8-21-14-5-2-10(15)7-13(14)17(18)19/h2-7H,8H2,1H3. The molecule has 0 atom stereocenters. The van der Waals surface area contributed by atoms with E-state index >= 15 is 0 Å². The predicted molar refractivity (Wildman–Crippen MR) is 85.8 cm³/mol. The van der Waals surface area contributed by atoms with Gasteiger partial charge in [0.1, 0.15) is 12.4 Å². The van der Waals surface area contributed by atoms with Gasteiger partial charge in [-0.15, -0.1) is 0 Å². The van der Waals surface area contributed by atoms with Gasteiger partial charge in [0.05, 0.1) is 12.0 Å². The molecule has 0 N–H and O–H groups in total. The van der Waals surface area contributed by atoms with Crippen LogP contribution in [0.4, 0.5) is 5.69 Å². The van der Waals surface area contributed by atoms with E-state index in [4.69, 9.17) is 9.47 Å². The lowest BCUT2D eigenvalue weighted by molar-refractivity contribution is -0.386. The van der Waals surface area contributed by atoms with Crippen LogP contribution in [0.5, 0.6) is 11.5 Å². The zero-order chi connectivity index (χ0) is 15.4. The van der Waals surface area contributed by atoms with Gasteiger partial charge in [-0.3, -0.25) is 10.1 Å². The summed E-state index contributed by atoms with van der Waals surface area (Å²) in [5.74, 6) is 0.917. The molecule has 0 saturated heterocycles. The minimum absolute atomic E-state index is 0.0802. The Morgan fingerprint density at radius 3 is 2.62 bits per heavy atom. The maximum Gasteiger partial charge on any atom is 0.312 e. The Morgan fingerprint density at radius 1 is 1.19 bits per heavy atom. The summed E-state index contributed by atoms with van der Waals surface area (Å²) < 4.78 is 12.2. The fourth-order valence-electron chi connectivity index (χ4n) is 1.70. The van der Waals surface area contributed by atoms with E-state index in [1.54, 1.807) is 19.2 Å². The van der Waals surface area contributed by atoms with Gasteiger partial charge in [-0.25, -0.2) is 0 Å². The molecule has 0 spiro atoms. The second-order valence-electron chi connectivity index (χ2n) is 4.12. The van der Waals surface area contributed by atoms with Crippen LogP contribution in [0.25, 0.3) is 0 Å². The SMILES string of the molecule is COc1ccc(Br)c(COc2ccc(Br)cc2[N+](=O)[O-])c1. The molecule has 2 rings (SSSR count). The van der Waals surface area contributed by atoms with Crippen molar-refractivity contribution in [2.45, 2.75) is 6.61 Å². The predicted octanol–water partition coefficient (Wildman–Crippen LogP) is 4.71. The summed E-state index contributed by atoms with van der Waals surface area (Å²) in [5, 5.41) is 11.0. The summed E-state index contributed by atoms with van der Waals surface area (Å²) in [4.78, 5) is 10.6. The van der Waals surface area contributed by atoms with E-state index in [-0.39, 0.29) is 18.0 Å². The fraction of sp³-hybridized carbons (Fsp3) is 0.143. The molecular weight excluding hydrogens is 406 g/mol. The number of hydrogen-bond acceptors (Lipinski definition) is 4. The molecule has 7 heteroatoms. The van der Waals surface area contributed by atoms with Crippen LogP contribution < -0.4 is 9.47 Å². The monoisotopic (exact) mass is 415 g/mol. The van der Waals surface area contributed by atoms with Gasteiger partial charge in [-0.1, -0.05) is 31.9 Å². The zero-order valence-corrected chi connectivity index (χ0v) is 14.2. The third-order valence-corrected chi connectivity index (χ3v) is 4.02. The van der Waals surface area contributed by atoms with Crippen molar-refractivity contribution in [1.82, 2.24) is 0 Å². The highest BCUT2D eigenvalue weighted by molar-refractivity contribution is 9.10. The summed E-state index contributed by atoms with van der Waals surface area (Å²) in [6.07, 6.45) is 0. The maximum atomic E-state index is 11.0. The largest absolute Gasteiger partial charge is 0.497 e. The van der Waals surface area contributed by atoms with Crippen LogP contribution in [0.15, 0.2) is 45.3 Å². The Kier molecular flexibility index (Phi) is 5.19. The second kappa shape index (κ2) is 6.91. The molecule has 0 saturated carbocycles. The average molecular weight is 417 g/mol. The van der Waals surface area contributed by atoms with Crippen LogP contribution in [0.3, 0.4) is 0 Å². The number of ether oxygens (including phenoxy) is 2. The molecule has 2 aromatic carbocycles. The number of methoxy groups -OCH3 is 1. The summed E-state index contributed by atoms with van der Waals surface area (Å²) >= 11 is 6.62. The molecule has 0 aliphatic carbocycles. The molecule has 110 valence electrons. The van der Waals surface area contributed by atoms with Gasteiger partial charge in [0.15, 0.2) is 5.75 Å².